The largest absolute Gasteiger partial charge is 0.352 e. The second-order valence-corrected chi connectivity index (χ2v) is 3.82. The van der Waals surface area contributed by atoms with Crippen molar-refractivity contribution >= 4 is 29.9 Å². The van der Waals surface area contributed by atoms with Crippen LogP contribution in [0.15, 0.2) is 29.3 Å². The first-order valence-corrected chi connectivity index (χ1v) is 5.96. The summed E-state index contributed by atoms with van der Waals surface area (Å²) in [5, 5.41) is 5.59. The highest BCUT2D eigenvalue weighted by Crippen LogP contribution is 2.08. The van der Waals surface area contributed by atoms with Gasteiger partial charge in [0.25, 0.3) is 6.43 Å². The molecule has 1 rings (SSSR count). The summed E-state index contributed by atoms with van der Waals surface area (Å²) in [5.74, 6) is 0.390. The summed E-state index contributed by atoms with van der Waals surface area (Å²) in [6, 6.07) is 8.04. The predicted molar refractivity (Wildman–Crippen MR) is 85.4 cm³/mol. The van der Waals surface area contributed by atoms with E-state index in [9.17, 15) is 8.78 Å². The summed E-state index contributed by atoms with van der Waals surface area (Å²) in [4.78, 5) is 3.89. The Morgan fingerprint density at radius 3 is 2.37 bits per heavy atom. The van der Waals surface area contributed by atoms with Gasteiger partial charge in [0.15, 0.2) is 5.96 Å². The maximum Gasteiger partial charge on any atom is 0.255 e. The van der Waals surface area contributed by atoms with Crippen LogP contribution < -0.4 is 10.6 Å². The van der Waals surface area contributed by atoms with E-state index in [2.05, 4.69) is 28.6 Å². The molecule has 0 aliphatic carbocycles. The molecule has 0 spiro atoms. The van der Waals surface area contributed by atoms with Crippen LogP contribution in [-0.4, -0.2) is 26.0 Å². The first kappa shape index (κ1) is 18.1. The Morgan fingerprint density at radius 2 is 1.84 bits per heavy atom. The minimum Gasteiger partial charge on any atom is -0.352 e. The van der Waals surface area contributed by atoms with Crippen LogP contribution in [0.25, 0.3) is 0 Å². The molecule has 0 saturated carbocycles. The molecule has 108 valence electrons. The third kappa shape index (κ3) is 6.70. The Morgan fingerprint density at radius 1 is 1.21 bits per heavy atom. The lowest BCUT2D eigenvalue weighted by Gasteiger charge is -2.13. The Bertz CT molecular complexity index is 397. The van der Waals surface area contributed by atoms with Gasteiger partial charge in [-0.3, -0.25) is 4.99 Å². The molecule has 0 aliphatic rings. The van der Waals surface area contributed by atoms with Crippen LogP contribution in [0.4, 0.5) is 8.78 Å². The Balaban J connectivity index is 0.00000324. The van der Waals surface area contributed by atoms with E-state index in [-0.39, 0.29) is 24.0 Å². The van der Waals surface area contributed by atoms with Gasteiger partial charge in [-0.1, -0.05) is 31.2 Å². The molecule has 0 fully saturated rings. The first-order valence-electron chi connectivity index (χ1n) is 5.96. The standard InChI is InChI=1S/C13H19F2N3.HI/c1-3-10-6-4-5-7-11(10)8-17-13(16-2)18-9-12(14)15;/h4-7,12H,3,8-9H2,1-2H3,(H2,16,17,18);1H. The number of guanidine groups is 1. The summed E-state index contributed by atoms with van der Waals surface area (Å²) in [7, 11) is 1.56. The number of nitrogens with one attached hydrogen (secondary N) is 2. The zero-order valence-corrected chi connectivity index (χ0v) is 13.4. The number of halogens is 3. The van der Waals surface area contributed by atoms with E-state index in [4.69, 9.17) is 0 Å². The number of rotatable bonds is 5. The predicted octanol–water partition coefficient (Wildman–Crippen LogP) is 2.80. The van der Waals surface area contributed by atoms with Crippen LogP contribution in [0.5, 0.6) is 0 Å². The maximum atomic E-state index is 12.1. The van der Waals surface area contributed by atoms with E-state index in [1.165, 1.54) is 5.56 Å². The molecule has 0 aliphatic heterocycles. The van der Waals surface area contributed by atoms with Gasteiger partial charge >= 0.3 is 0 Å². The van der Waals surface area contributed by atoms with E-state index < -0.39 is 13.0 Å². The normalized spacial score (nSPS) is 11.1. The molecule has 6 heteroatoms. The number of nitrogens with zero attached hydrogens (tertiary/aromatic N) is 1. The maximum absolute atomic E-state index is 12.1. The fourth-order valence-electron chi connectivity index (χ4n) is 1.65. The lowest BCUT2D eigenvalue weighted by molar-refractivity contribution is 0.152. The Hall–Kier alpha value is -0.920. The van der Waals surface area contributed by atoms with Crippen LogP contribution in [0.2, 0.25) is 0 Å². The summed E-state index contributed by atoms with van der Waals surface area (Å²) in [6.07, 6.45) is -1.44. The number of hydrogen-bond acceptors (Lipinski definition) is 1. The van der Waals surface area contributed by atoms with Gasteiger partial charge in [-0.2, -0.15) is 0 Å². The van der Waals surface area contributed by atoms with Crippen LogP contribution in [0, 0.1) is 0 Å². The zero-order valence-electron chi connectivity index (χ0n) is 11.1. The van der Waals surface area contributed by atoms with Gasteiger partial charge < -0.3 is 10.6 Å². The van der Waals surface area contributed by atoms with Crippen molar-refractivity contribution in [1.82, 2.24) is 10.6 Å². The molecular formula is C13H20F2IN3. The molecule has 19 heavy (non-hydrogen) atoms. The molecule has 0 heterocycles. The molecule has 0 saturated heterocycles. The molecule has 0 aromatic heterocycles. The van der Waals surface area contributed by atoms with Crippen molar-refractivity contribution in [3.63, 3.8) is 0 Å². The van der Waals surface area contributed by atoms with Crippen molar-refractivity contribution in [2.75, 3.05) is 13.6 Å². The van der Waals surface area contributed by atoms with Crippen molar-refractivity contribution in [3.05, 3.63) is 35.4 Å². The Kier molecular flexibility index (Phi) is 9.46. The summed E-state index contributed by atoms with van der Waals surface area (Å²) < 4.78 is 24.1. The van der Waals surface area contributed by atoms with Gasteiger partial charge in [0, 0.05) is 13.6 Å². The van der Waals surface area contributed by atoms with Crippen LogP contribution in [0.1, 0.15) is 18.1 Å². The van der Waals surface area contributed by atoms with Gasteiger partial charge in [-0.05, 0) is 17.5 Å². The highest BCUT2D eigenvalue weighted by atomic mass is 127. The van der Waals surface area contributed by atoms with Crippen molar-refractivity contribution in [2.24, 2.45) is 4.99 Å². The highest BCUT2D eigenvalue weighted by molar-refractivity contribution is 14.0. The number of alkyl halides is 2. The molecule has 0 unspecified atom stereocenters. The average molecular weight is 383 g/mol. The quantitative estimate of drug-likeness (QED) is 0.466. The van der Waals surface area contributed by atoms with Crippen LogP contribution in [0.3, 0.4) is 0 Å². The molecule has 3 nitrogen and oxygen atoms in total. The van der Waals surface area contributed by atoms with Gasteiger partial charge in [0.1, 0.15) is 0 Å². The van der Waals surface area contributed by atoms with Crippen molar-refractivity contribution < 1.29 is 8.78 Å². The molecule has 0 atom stereocenters. The van der Waals surface area contributed by atoms with E-state index in [0.717, 1.165) is 12.0 Å². The van der Waals surface area contributed by atoms with Crippen molar-refractivity contribution in [1.29, 1.82) is 0 Å². The van der Waals surface area contributed by atoms with Gasteiger partial charge in [-0.25, -0.2) is 8.78 Å². The monoisotopic (exact) mass is 383 g/mol. The first-order chi connectivity index (χ1) is 8.67. The van der Waals surface area contributed by atoms with E-state index in [1.54, 1.807) is 7.05 Å². The molecule has 1 aromatic rings. The molecule has 0 bridgehead atoms. The van der Waals surface area contributed by atoms with Crippen LogP contribution >= 0.6 is 24.0 Å². The summed E-state index contributed by atoms with van der Waals surface area (Å²) in [5.41, 5.74) is 2.40. The molecule has 0 radical (unpaired) electrons. The fraction of sp³-hybridized carbons (Fsp3) is 0.462. The summed E-state index contributed by atoms with van der Waals surface area (Å²) >= 11 is 0. The van der Waals surface area contributed by atoms with Crippen molar-refractivity contribution in [3.8, 4) is 0 Å². The number of hydrogen-bond donors (Lipinski definition) is 2. The lowest BCUT2D eigenvalue weighted by atomic mass is 10.1. The topological polar surface area (TPSA) is 36.4 Å². The third-order valence-electron chi connectivity index (χ3n) is 2.59. The number of benzene rings is 1. The second-order valence-electron chi connectivity index (χ2n) is 3.82. The van der Waals surface area contributed by atoms with Gasteiger partial charge in [0.2, 0.25) is 0 Å². The summed E-state index contributed by atoms with van der Waals surface area (Å²) in [6.45, 7) is 2.27. The minimum atomic E-state index is -2.38. The third-order valence-corrected chi connectivity index (χ3v) is 2.59. The van der Waals surface area contributed by atoms with Crippen molar-refractivity contribution in [2.45, 2.75) is 26.3 Å². The van der Waals surface area contributed by atoms with E-state index in [1.807, 2.05) is 18.2 Å². The molecular weight excluding hydrogens is 363 g/mol. The van der Waals surface area contributed by atoms with E-state index >= 15 is 0 Å². The van der Waals surface area contributed by atoms with Gasteiger partial charge in [-0.15, -0.1) is 24.0 Å². The second kappa shape index (κ2) is 9.94. The smallest absolute Gasteiger partial charge is 0.255 e. The van der Waals surface area contributed by atoms with Gasteiger partial charge in [0.05, 0.1) is 6.54 Å². The SMILES string of the molecule is CCc1ccccc1CNC(=NC)NCC(F)F.I. The Labute approximate surface area is 129 Å². The zero-order chi connectivity index (χ0) is 13.4. The highest BCUT2D eigenvalue weighted by Gasteiger charge is 2.05. The molecule has 0 amide bonds. The lowest BCUT2D eigenvalue weighted by Crippen LogP contribution is -2.39. The van der Waals surface area contributed by atoms with Crippen LogP contribution in [-0.2, 0) is 13.0 Å². The number of aryl methyl sites for hydroxylation is 1. The average Bonchev–Trinajstić information content (AvgIpc) is 2.39. The number of aliphatic imine (C=N–C) groups is 1. The fourth-order valence-corrected chi connectivity index (χ4v) is 1.65. The molecule has 2 N–H and O–H groups in total. The molecule has 1 aromatic carbocycles. The van der Waals surface area contributed by atoms with E-state index in [0.29, 0.717) is 12.5 Å². The minimum absolute atomic E-state index is 0.